The minimum absolute atomic E-state index is 0.504. The van der Waals surface area contributed by atoms with Crippen LogP contribution in [0.4, 0.5) is 0 Å². The molecule has 0 saturated carbocycles. The van der Waals surface area contributed by atoms with Crippen LogP contribution < -0.4 is 0 Å². The van der Waals surface area contributed by atoms with Crippen molar-refractivity contribution in [1.29, 1.82) is 0 Å². The Morgan fingerprint density at radius 3 is 2.94 bits per heavy atom. The molecule has 0 aliphatic carbocycles. The van der Waals surface area contributed by atoms with Gasteiger partial charge in [-0.15, -0.1) is 0 Å². The van der Waals surface area contributed by atoms with Gasteiger partial charge in [0.1, 0.15) is 0 Å². The number of hydrogen-bond acceptors (Lipinski definition) is 3. The number of rotatable bonds is 1. The van der Waals surface area contributed by atoms with Crippen molar-refractivity contribution in [3.05, 3.63) is 41.1 Å². The molecule has 0 saturated heterocycles. The molecule has 0 aliphatic heterocycles. The molecule has 2 heterocycles. The molecule has 0 radical (unpaired) electrons. The molecule has 1 aromatic carbocycles. The lowest BCUT2D eigenvalue weighted by Gasteiger charge is -2.02. The van der Waals surface area contributed by atoms with Crippen LogP contribution in [0.25, 0.3) is 22.3 Å². The quantitative estimate of drug-likeness (QED) is 0.645. The van der Waals surface area contributed by atoms with Crippen molar-refractivity contribution < 1.29 is 0 Å². The molecule has 0 amide bonds. The molecule has 17 heavy (non-hydrogen) atoms. The SMILES string of the molecule is Cc1cc(-c2ccc3nc[nH]c3c2)nc(=S)[nH]1. The minimum Gasteiger partial charge on any atom is -0.345 e. The molecule has 0 bridgehead atoms. The first-order chi connectivity index (χ1) is 8.22. The van der Waals surface area contributed by atoms with Crippen molar-refractivity contribution in [2.24, 2.45) is 0 Å². The van der Waals surface area contributed by atoms with E-state index in [0.29, 0.717) is 4.77 Å². The topological polar surface area (TPSA) is 57.4 Å². The summed E-state index contributed by atoms with van der Waals surface area (Å²) in [6, 6.07) is 7.98. The van der Waals surface area contributed by atoms with Crippen LogP contribution >= 0.6 is 12.2 Å². The summed E-state index contributed by atoms with van der Waals surface area (Å²) >= 11 is 5.08. The molecule has 0 unspecified atom stereocenters. The minimum atomic E-state index is 0.504. The van der Waals surface area contributed by atoms with Crippen LogP contribution in [-0.4, -0.2) is 19.9 Å². The third-order valence-electron chi connectivity index (χ3n) is 2.60. The van der Waals surface area contributed by atoms with Crippen LogP contribution in [0.5, 0.6) is 0 Å². The Morgan fingerprint density at radius 1 is 1.24 bits per heavy atom. The molecule has 3 rings (SSSR count). The first kappa shape index (κ1) is 10.2. The molecular weight excluding hydrogens is 232 g/mol. The number of imidazole rings is 1. The fourth-order valence-corrected chi connectivity index (χ4v) is 2.08. The maximum Gasteiger partial charge on any atom is 0.197 e. The van der Waals surface area contributed by atoms with E-state index in [9.17, 15) is 0 Å². The van der Waals surface area contributed by atoms with Gasteiger partial charge in [-0.05, 0) is 37.3 Å². The van der Waals surface area contributed by atoms with Crippen LogP contribution in [0.15, 0.2) is 30.6 Å². The molecule has 84 valence electrons. The highest BCUT2D eigenvalue weighted by atomic mass is 32.1. The van der Waals surface area contributed by atoms with E-state index in [1.807, 2.05) is 31.2 Å². The van der Waals surface area contributed by atoms with E-state index < -0.39 is 0 Å². The molecule has 0 spiro atoms. The van der Waals surface area contributed by atoms with E-state index in [1.54, 1.807) is 6.33 Å². The van der Waals surface area contributed by atoms with E-state index in [0.717, 1.165) is 28.0 Å². The predicted octanol–water partition coefficient (Wildman–Crippen LogP) is 2.99. The summed E-state index contributed by atoms with van der Waals surface area (Å²) in [7, 11) is 0. The predicted molar refractivity (Wildman–Crippen MR) is 69.2 cm³/mol. The zero-order valence-electron chi connectivity index (χ0n) is 9.19. The Morgan fingerprint density at radius 2 is 2.12 bits per heavy atom. The number of aryl methyl sites for hydroxylation is 1. The number of benzene rings is 1. The van der Waals surface area contributed by atoms with Gasteiger partial charge in [-0.2, -0.15) is 0 Å². The van der Waals surface area contributed by atoms with Gasteiger partial charge >= 0.3 is 0 Å². The number of fused-ring (bicyclic) bond motifs is 1. The lowest BCUT2D eigenvalue weighted by Crippen LogP contribution is -1.90. The number of H-pyrrole nitrogens is 2. The normalized spacial score (nSPS) is 10.9. The number of nitrogens with zero attached hydrogens (tertiary/aromatic N) is 2. The van der Waals surface area contributed by atoms with Crippen molar-refractivity contribution in [2.75, 3.05) is 0 Å². The lowest BCUT2D eigenvalue weighted by atomic mass is 10.1. The van der Waals surface area contributed by atoms with Gasteiger partial charge in [0.15, 0.2) is 4.77 Å². The van der Waals surface area contributed by atoms with Crippen molar-refractivity contribution >= 4 is 23.3 Å². The molecule has 0 atom stereocenters. The number of nitrogens with one attached hydrogen (secondary N) is 2. The van der Waals surface area contributed by atoms with E-state index >= 15 is 0 Å². The highest BCUT2D eigenvalue weighted by Gasteiger charge is 2.03. The Bertz CT molecular complexity index is 741. The first-order valence-electron chi connectivity index (χ1n) is 5.24. The van der Waals surface area contributed by atoms with Crippen molar-refractivity contribution in [2.45, 2.75) is 6.92 Å². The fraction of sp³-hybridized carbons (Fsp3) is 0.0833. The van der Waals surface area contributed by atoms with Crippen LogP contribution in [0.3, 0.4) is 0 Å². The van der Waals surface area contributed by atoms with E-state index in [2.05, 4.69) is 19.9 Å². The van der Waals surface area contributed by atoms with Gasteiger partial charge in [0.05, 0.1) is 23.1 Å². The average molecular weight is 242 g/mol. The molecule has 4 nitrogen and oxygen atoms in total. The van der Waals surface area contributed by atoms with Gasteiger partial charge in [-0.1, -0.05) is 6.07 Å². The molecule has 2 aromatic heterocycles. The summed E-state index contributed by atoms with van der Waals surface area (Å²) in [4.78, 5) is 14.6. The highest BCUT2D eigenvalue weighted by molar-refractivity contribution is 7.71. The molecule has 5 heteroatoms. The van der Waals surface area contributed by atoms with Crippen molar-refractivity contribution in [1.82, 2.24) is 19.9 Å². The number of aromatic nitrogens is 4. The Balaban J connectivity index is 2.22. The van der Waals surface area contributed by atoms with Crippen molar-refractivity contribution in [3.8, 4) is 11.3 Å². The summed E-state index contributed by atoms with van der Waals surface area (Å²) < 4.78 is 0.504. The molecule has 0 aliphatic rings. The summed E-state index contributed by atoms with van der Waals surface area (Å²) in [5.74, 6) is 0. The molecular formula is C12H10N4S. The van der Waals surface area contributed by atoms with Gasteiger partial charge in [0.25, 0.3) is 0 Å². The third kappa shape index (κ3) is 1.85. The zero-order chi connectivity index (χ0) is 11.8. The summed E-state index contributed by atoms with van der Waals surface area (Å²) in [5, 5.41) is 0. The maximum atomic E-state index is 5.08. The average Bonchev–Trinajstić information content (AvgIpc) is 2.74. The maximum absolute atomic E-state index is 5.08. The van der Waals surface area contributed by atoms with E-state index in [1.165, 1.54) is 0 Å². The van der Waals surface area contributed by atoms with E-state index in [-0.39, 0.29) is 0 Å². The Kier molecular flexibility index (Phi) is 2.26. The zero-order valence-corrected chi connectivity index (χ0v) is 10.0. The number of aromatic amines is 2. The highest BCUT2D eigenvalue weighted by Crippen LogP contribution is 2.21. The van der Waals surface area contributed by atoms with Gasteiger partial charge in [0.2, 0.25) is 0 Å². The largest absolute Gasteiger partial charge is 0.345 e. The third-order valence-corrected chi connectivity index (χ3v) is 2.79. The Labute approximate surface area is 103 Å². The first-order valence-corrected chi connectivity index (χ1v) is 5.65. The van der Waals surface area contributed by atoms with Crippen LogP contribution in [-0.2, 0) is 0 Å². The van der Waals surface area contributed by atoms with Gasteiger partial charge < -0.3 is 9.97 Å². The standard InChI is InChI=1S/C12H10N4S/c1-7-4-10(16-12(17)15-7)8-2-3-9-11(5-8)14-6-13-9/h2-6H,1H3,(H,13,14)(H,15,16,17). The van der Waals surface area contributed by atoms with Crippen LogP contribution in [0.1, 0.15) is 5.69 Å². The Hall–Kier alpha value is -2.01. The van der Waals surface area contributed by atoms with Crippen LogP contribution in [0.2, 0.25) is 0 Å². The van der Waals surface area contributed by atoms with E-state index in [4.69, 9.17) is 12.2 Å². The second-order valence-electron chi connectivity index (χ2n) is 3.89. The summed E-state index contributed by atoms with van der Waals surface area (Å²) in [5.41, 5.74) is 4.87. The fourth-order valence-electron chi connectivity index (χ4n) is 1.82. The monoisotopic (exact) mass is 242 g/mol. The molecule has 3 aromatic rings. The molecule has 0 fully saturated rings. The summed E-state index contributed by atoms with van der Waals surface area (Å²) in [6.45, 7) is 1.97. The van der Waals surface area contributed by atoms with Gasteiger partial charge in [0, 0.05) is 11.3 Å². The smallest absolute Gasteiger partial charge is 0.197 e. The second-order valence-corrected chi connectivity index (χ2v) is 4.28. The van der Waals surface area contributed by atoms with Crippen LogP contribution in [0, 0.1) is 11.7 Å². The van der Waals surface area contributed by atoms with Gasteiger partial charge in [-0.3, -0.25) is 0 Å². The summed E-state index contributed by atoms with van der Waals surface area (Å²) in [6.07, 6.45) is 1.68. The molecule has 2 N–H and O–H groups in total. The lowest BCUT2D eigenvalue weighted by molar-refractivity contribution is 1.08. The number of hydrogen-bond donors (Lipinski definition) is 2. The van der Waals surface area contributed by atoms with Crippen molar-refractivity contribution in [3.63, 3.8) is 0 Å². The van der Waals surface area contributed by atoms with Gasteiger partial charge in [-0.25, -0.2) is 9.97 Å². The second kappa shape index (κ2) is 3.78.